The van der Waals surface area contributed by atoms with Crippen LogP contribution in [0, 0.1) is 17.8 Å². The Labute approximate surface area is 140 Å². The lowest BCUT2D eigenvalue weighted by atomic mass is 9.86. The van der Waals surface area contributed by atoms with Crippen molar-refractivity contribution in [3.8, 4) is 0 Å². The van der Waals surface area contributed by atoms with Crippen LogP contribution in [0.1, 0.15) is 38.5 Å². The van der Waals surface area contributed by atoms with Crippen LogP contribution in [0.4, 0.5) is 0 Å². The Balaban J connectivity index is 0.00000144. The zero-order valence-electron chi connectivity index (χ0n) is 13.5. The van der Waals surface area contributed by atoms with E-state index in [0.717, 1.165) is 63.4 Å². The van der Waals surface area contributed by atoms with Crippen LogP contribution in [0.3, 0.4) is 0 Å². The molecule has 2 saturated carbocycles. The maximum absolute atomic E-state index is 12.6. The molecular weight excluding hydrogens is 298 g/mol. The summed E-state index contributed by atoms with van der Waals surface area (Å²) in [5, 5.41) is 3.41. The van der Waals surface area contributed by atoms with Gasteiger partial charge in [-0.2, -0.15) is 0 Å². The van der Waals surface area contributed by atoms with Crippen LogP contribution in [0.25, 0.3) is 0 Å². The highest BCUT2D eigenvalue weighted by molar-refractivity contribution is 5.85. The minimum absolute atomic E-state index is 0. The highest BCUT2D eigenvalue weighted by atomic mass is 35.5. The minimum Gasteiger partial charge on any atom is -0.341 e. The van der Waals surface area contributed by atoms with Gasteiger partial charge in [-0.15, -0.1) is 12.4 Å². The molecule has 2 aliphatic carbocycles. The summed E-state index contributed by atoms with van der Waals surface area (Å²) in [7, 11) is 0. The fourth-order valence-corrected chi connectivity index (χ4v) is 5.29. The smallest absolute Gasteiger partial charge is 0.222 e. The van der Waals surface area contributed by atoms with Gasteiger partial charge in [0, 0.05) is 51.7 Å². The fourth-order valence-electron chi connectivity index (χ4n) is 5.29. The van der Waals surface area contributed by atoms with Gasteiger partial charge >= 0.3 is 0 Å². The Kier molecular flexibility index (Phi) is 5.31. The number of hydrogen-bond acceptors (Lipinski definition) is 3. The molecule has 1 N–H and O–H groups in total. The van der Waals surface area contributed by atoms with E-state index in [4.69, 9.17) is 0 Å². The van der Waals surface area contributed by atoms with E-state index in [1.54, 1.807) is 0 Å². The maximum Gasteiger partial charge on any atom is 0.222 e. The lowest BCUT2D eigenvalue weighted by Crippen LogP contribution is -2.49. The first-order valence-corrected chi connectivity index (χ1v) is 9.02. The number of carbonyl (C=O) groups excluding carboxylic acids is 1. The van der Waals surface area contributed by atoms with Crippen LogP contribution in [0.15, 0.2) is 0 Å². The van der Waals surface area contributed by atoms with Gasteiger partial charge in [0.1, 0.15) is 0 Å². The second kappa shape index (κ2) is 7.06. The van der Waals surface area contributed by atoms with Crippen molar-refractivity contribution in [2.45, 2.75) is 44.6 Å². The molecule has 2 heterocycles. The van der Waals surface area contributed by atoms with Crippen molar-refractivity contribution in [1.29, 1.82) is 0 Å². The molecule has 0 aromatic carbocycles. The van der Waals surface area contributed by atoms with E-state index >= 15 is 0 Å². The largest absolute Gasteiger partial charge is 0.341 e. The Morgan fingerprint density at radius 1 is 1.05 bits per heavy atom. The van der Waals surface area contributed by atoms with Gasteiger partial charge in [-0.05, 0) is 43.4 Å². The highest BCUT2D eigenvalue weighted by Gasteiger charge is 2.41. The summed E-state index contributed by atoms with van der Waals surface area (Å²) >= 11 is 0. The molecule has 4 atom stereocenters. The van der Waals surface area contributed by atoms with Crippen molar-refractivity contribution in [1.82, 2.24) is 15.1 Å². The first kappa shape index (κ1) is 16.5. The van der Waals surface area contributed by atoms with Crippen LogP contribution >= 0.6 is 12.4 Å². The first-order valence-electron chi connectivity index (χ1n) is 9.02. The molecule has 4 rings (SSSR count). The second-order valence-corrected chi connectivity index (χ2v) is 7.71. The molecule has 1 amide bonds. The zero-order valence-corrected chi connectivity index (χ0v) is 14.3. The molecular formula is C17H30ClN3O. The van der Waals surface area contributed by atoms with Gasteiger partial charge in [0.05, 0.1) is 0 Å². The zero-order chi connectivity index (χ0) is 14.2. The number of nitrogens with zero attached hydrogens (tertiary/aromatic N) is 2. The van der Waals surface area contributed by atoms with Crippen LogP contribution < -0.4 is 5.32 Å². The molecule has 0 aromatic heterocycles. The highest BCUT2D eigenvalue weighted by Crippen LogP contribution is 2.49. The molecule has 22 heavy (non-hydrogen) atoms. The van der Waals surface area contributed by atoms with Gasteiger partial charge in [0.15, 0.2) is 0 Å². The molecule has 4 nitrogen and oxygen atoms in total. The Bertz CT molecular complexity index is 399. The lowest BCUT2D eigenvalue weighted by molar-refractivity contribution is -0.131. The third kappa shape index (κ3) is 3.29. The van der Waals surface area contributed by atoms with Crippen molar-refractivity contribution in [3.63, 3.8) is 0 Å². The number of halogens is 1. The van der Waals surface area contributed by atoms with Crippen LogP contribution in [0.5, 0.6) is 0 Å². The normalized spacial score (nSPS) is 38.3. The molecule has 4 fully saturated rings. The number of fused-ring (bicyclic) bond motifs is 2. The van der Waals surface area contributed by atoms with E-state index in [1.165, 1.54) is 32.1 Å². The molecule has 0 spiro atoms. The third-order valence-electron chi connectivity index (χ3n) is 6.51. The predicted octanol–water partition coefficient (Wildman–Crippen LogP) is 1.74. The summed E-state index contributed by atoms with van der Waals surface area (Å²) < 4.78 is 0. The topological polar surface area (TPSA) is 35.6 Å². The monoisotopic (exact) mass is 327 g/mol. The van der Waals surface area contributed by atoms with E-state index in [9.17, 15) is 4.79 Å². The molecule has 2 saturated heterocycles. The molecule has 0 radical (unpaired) electrons. The van der Waals surface area contributed by atoms with Crippen LogP contribution in [-0.2, 0) is 4.79 Å². The number of rotatable bonds is 3. The fraction of sp³-hybridized carbons (Fsp3) is 0.941. The van der Waals surface area contributed by atoms with Gasteiger partial charge in [0.2, 0.25) is 5.91 Å². The van der Waals surface area contributed by atoms with E-state index in [-0.39, 0.29) is 12.4 Å². The van der Waals surface area contributed by atoms with E-state index in [0.29, 0.717) is 11.9 Å². The predicted molar refractivity (Wildman–Crippen MR) is 90.2 cm³/mol. The molecule has 2 bridgehead atoms. The van der Waals surface area contributed by atoms with Crippen LogP contribution in [0.2, 0.25) is 0 Å². The van der Waals surface area contributed by atoms with Crippen molar-refractivity contribution in [2.75, 3.05) is 39.3 Å². The van der Waals surface area contributed by atoms with Crippen molar-refractivity contribution in [2.24, 2.45) is 17.8 Å². The Morgan fingerprint density at radius 2 is 1.86 bits per heavy atom. The van der Waals surface area contributed by atoms with Crippen molar-refractivity contribution < 1.29 is 4.79 Å². The number of hydrogen-bond donors (Lipinski definition) is 1. The Morgan fingerprint density at radius 3 is 2.55 bits per heavy atom. The SMILES string of the molecule is Cl.O=C(CC1CC2CCC1C2)N1CCC(N2CCNCC2)C1. The Hall–Kier alpha value is -0.320. The average molecular weight is 328 g/mol. The molecule has 2 aliphatic heterocycles. The molecule has 126 valence electrons. The molecule has 4 aliphatic rings. The van der Waals surface area contributed by atoms with Crippen LogP contribution in [-0.4, -0.2) is 61.0 Å². The summed E-state index contributed by atoms with van der Waals surface area (Å²) in [6.45, 7) is 6.50. The summed E-state index contributed by atoms with van der Waals surface area (Å²) in [6, 6.07) is 0.621. The lowest BCUT2D eigenvalue weighted by Gasteiger charge is -2.32. The van der Waals surface area contributed by atoms with E-state index in [1.807, 2.05) is 0 Å². The number of likely N-dealkylation sites (tertiary alicyclic amines) is 1. The number of amides is 1. The standard InChI is InChI=1S/C17H29N3O.ClH/c21-17(11-15-10-13-1-2-14(15)9-13)20-6-3-16(12-20)19-7-4-18-5-8-19;/h13-16,18H,1-12H2;1H. The van der Waals surface area contributed by atoms with Gasteiger partial charge in [-0.25, -0.2) is 0 Å². The quantitative estimate of drug-likeness (QED) is 0.857. The minimum atomic E-state index is 0. The molecule has 0 aromatic rings. The molecule has 5 heteroatoms. The third-order valence-corrected chi connectivity index (χ3v) is 6.51. The number of nitrogens with one attached hydrogen (secondary N) is 1. The summed E-state index contributed by atoms with van der Waals surface area (Å²) in [5.74, 6) is 3.00. The van der Waals surface area contributed by atoms with Gasteiger partial charge in [-0.3, -0.25) is 9.69 Å². The first-order chi connectivity index (χ1) is 10.3. The summed E-state index contributed by atoms with van der Waals surface area (Å²) in [5.41, 5.74) is 0. The number of carbonyl (C=O) groups is 1. The van der Waals surface area contributed by atoms with Crippen molar-refractivity contribution in [3.05, 3.63) is 0 Å². The van der Waals surface area contributed by atoms with E-state index in [2.05, 4.69) is 15.1 Å². The maximum atomic E-state index is 12.6. The van der Waals surface area contributed by atoms with Gasteiger partial charge < -0.3 is 10.2 Å². The summed E-state index contributed by atoms with van der Waals surface area (Å²) in [4.78, 5) is 17.4. The number of piperazine rings is 1. The van der Waals surface area contributed by atoms with Crippen molar-refractivity contribution >= 4 is 18.3 Å². The van der Waals surface area contributed by atoms with Gasteiger partial charge in [-0.1, -0.05) is 6.42 Å². The molecule has 4 unspecified atom stereocenters. The second-order valence-electron chi connectivity index (χ2n) is 7.71. The summed E-state index contributed by atoms with van der Waals surface area (Å²) in [6.07, 6.45) is 7.61. The van der Waals surface area contributed by atoms with E-state index < -0.39 is 0 Å². The average Bonchev–Trinajstić information content (AvgIpc) is 3.24. The van der Waals surface area contributed by atoms with Gasteiger partial charge in [0.25, 0.3) is 0 Å².